The molecule has 0 fully saturated rings. The summed E-state index contributed by atoms with van der Waals surface area (Å²) in [5.74, 6) is 0. The predicted molar refractivity (Wildman–Crippen MR) is 45.9 cm³/mol. The molecule has 0 amide bonds. The maximum absolute atomic E-state index is 3.92. The van der Waals surface area contributed by atoms with Gasteiger partial charge in [0.15, 0.2) is 0 Å². The van der Waals surface area contributed by atoms with E-state index in [1.165, 1.54) is 0 Å². The molecule has 4 nitrogen and oxygen atoms in total. The van der Waals surface area contributed by atoms with Crippen LogP contribution < -0.4 is 0 Å². The van der Waals surface area contributed by atoms with Gasteiger partial charge in [-0.3, -0.25) is 0 Å². The van der Waals surface area contributed by atoms with E-state index < -0.39 is 3.67 Å². The van der Waals surface area contributed by atoms with E-state index in [0.29, 0.717) is 0 Å². The Morgan fingerprint density at radius 3 is 1.70 bits per heavy atom. The number of halogens is 1. The molecule has 0 saturated carbocycles. The molecule has 0 unspecified atom stereocenters. The van der Waals surface area contributed by atoms with E-state index >= 15 is 0 Å². The van der Waals surface area contributed by atoms with Crippen LogP contribution in [0.2, 0.25) is 0 Å². The molecule has 0 aromatic heterocycles. The monoisotopic (exact) mass is 252 g/mol. The average Bonchev–Trinajstić information content (AvgIpc) is 2.13. The zero-order valence-corrected chi connectivity index (χ0v) is 8.32. The van der Waals surface area contributed by atoms with E-state index in [1.807, 2.05) is 0 Å². The van der Waals surface area contributed by atoms with Gasteiger partial charge in [0.2, 0.25) is 3.67 Å². The fourth-order valence-electron chi connectivity index (χ4n) is 0.479. The maximum Gasteiger partial charge on any atom is 0.249 e. The summed E-state index contributed by atoms with van der Waals surface area (Å²) in [6.45, 7) is 6.17. The fraction of sp³-hybridized carbons (Fsp3) is 1.00. The first-order valence-electron chi connectivity index (χ1n) is 2.99. The van der Waals surface area contributed by atoms with Crippen molar-refractivity contribution in [2.45, 2.75) is 24.4 Å². The Morgan fingerprint density at radius 1 is 1.10 bits per heavy atom. The molecule has 0 bridgehead atoms. The van der Waals surface area contributed by atoms with E-state index in [1.54, 1.807) is 0 Å². The van der Waals surface area contributed by atoms with Gasteiger partial charge in [0.1, 0.15) is 0 Å². The minimum Gasteiger partial charge on any atom is -0.123 e. The van der Waals surface area contributed by atoms with Crippen molar-refractivity contribution in [2.24, 2.45) is 26.1 Å². The highest BCUT2D eigenvalue weighted by Gasteiger charge is 2.42. The number of hydrogen-bond donors (Lipinski definition) is 0. The van der Waals surface area contributed by atoms with Gasteiger partial charge in [-0.05, 0) is 33.0 Å². The zero-order valence-electron chi connectivity index (χ0n) is 6.17. The highest BCUT2D eigenvalue weighted by Crippen LogP contribution is 2.43. The molecule has 56 valence electrons. The van der Waals surface area contributed by atoms with Crippen LogP contribution >= 0.6 is 22.6 Å². The van der Waals surface area contributed by atoms with Crippen molar-refractivity contribution in [3.05, 3.63) is 0 Å². The number of hydrogen-bond acceptors (Lipinski definition) is 4. The van der Waals surface area contributed by atoms with Gasteiger partial charge in [0.05, 0.1) is 0 Å². The summed E-state index contributed by atoms with van der Waals surface area (Å²) in [5, 5.41) is 14.8. The van der Waals surface area contributed by atoms with Crippen LogP contribution in [0, 0.1) is 5.41 Å². The Balaban J connectivity index is 2.90. The SMILES string of the molecule is CC(C)(C)C1(I)N=NN=N1. The van der Waals surface area contributed by atoms with Crippen LogP contribution in [0.1, 0.15) is 20.8 Å². The van der Waals surface area contributed by atoms with Gasteiger partial charge >= 0.3 is 0 Å². The largest absolute Gasteiger partial charge is 0.249 e. The third-order valence-electron chi connectivity index (χ3n) is 1.35. The second-order valence-corrected chi connectivity index (χ2v) is 4.72. The van der Waals surface area contributed by atoms with Gasteiger partial charge < -0.3 is 0 Å². The second-order valence-electron chi connectivity index (χ2n) is 3.22. The third kappa shape index (κ3) is 1.18. The minimum absolute atomic E-state index is 0.0168. The second kappa shape index (κ2) is 2.21. The molecule has 0 atom stereocenters. The van der Waals surface area contributed by atoms with Crippen molar-refractivity contribution in [2.75, 3.05) is 0 Å². The lowest BCUT2D eigenvalue weighted by atomic mass is 9.93. The molecular formula is C5H9IN4. The van der Waals surface area contributed by atoms with Crippen molar-refractivity contribution in [1.82, 2.24) is 0 Å². The van der Waals surface area contributed by atoms with Crippen LogP contribution in [0.4, 0.5) is 0 Å². The Hall–Kier alpha value is -0.0700. The number of alkyl halides is 1. The number of rotatable bonds is 0. The van der Waals surface area contributed by atoms with Crippen molar-refractivity contribution < 1.29 is 0 Å². The van der Waals surface area contributed by atoms with Crippen LogP contribution in [0.5, 0.6) is 0 Å². The standard InChI is InChI=1S/C5H9IN4/c1-4(2,3)5(6)7-9-10-8-5/h1-3H3. The van der Waals surface area contributed by atoms with Crippen LogP contribution in [0.25, 0.3) is 0 Å². The first-order chi connectivity index (χ1) is 4.46. The van der Waals surface area contributed by atoms with E-state index in [-0.39, 0.29) is 5.41 Å². The lowest BCUT2D eigenvalue weighted by Gasteiger charge is -2.27. The highest BCUT2D eigenvalue weighted by atomic mass is 127. The molecule has 0 aromatic rings. The maximum atomic E-state index is 3.92. The molecule has 1 rings (SSSR count). The van der Waals surface area contributed by atoms with Crippen molar-refractivity contribution in [1.29, 1.82) is 0 Å². The minimum atomic E-state index is -0.481. The van der Waals surface area contributed by atoms with Crippen LogP contribution in [-0.4, -0.2) is 3.67 Å². The van der Waals surface area contributed by atoms with Gasteiger partial charge in [-0.25, -0.2) is 0 Å². The van der Waals surface area contributed by atoms with Crippen molar-refractivity contribution in [3.63, 3.8) is 0 Å². The molecular weight excluding hydrogens is 243 g/mol. The Bertz CT molecular complexity index is 178. The summed E-state index contributed by atoms with van der Waals surface area (Å²) < 4.78 is -0.481. The third-order valence-corrected chi connectivity index (χ3v) is 3.40. The Morgan fingerprint density at radius 2 is 1.50 bits per heavy atom. The van der Waals surface area contributed by atoms with Gasteiger partial charge in [-0.1, -0.05) is 20.8 Å². The van der Waals surface area contributed by atoms with Gasteiger partial charge in [0, 0.05) is 5.41 Å². The van der Waals surface area contributed by atoms with Gasteiger partial charge in [0.25, 0.3) is 0 Å². The van der Waals surface area contributed by atoms with E-state index in [4.69, 9.17) is 0 Å². The summed E-state index contributed by atoms with van der Waals surface area (Å²) in [6, 6.07) is 0. The number of nitrogens with zero attached hydrogens (tertiary/aromatic N) is 4. The van der Waals surface area contributed by atoms with Gasteiger partial charge in [-0.15, -0.1) is 10.2 Å². The van der Waals surface area contributed by atoms with E-state index in [2.05, 4.69) is 64.0 Å². The quantitative estimate of drug-likeness (QED) is 0.361. The molecule has 0 aromatic carbocycles. The van der Waals surface area contributed by atoms with Crippen molar-refractivity contribution in [3.8, 4) is 0 Å². The smallest absolute Gasteiger partial charge is 0.123 e. The summed E-state index contributed by atoms with van der Waals surface area (Å²) >= 11 is 2.15. The normalized spacial score (nSPS) is 22.0. The van der Waals surface area contributed by atoms with Crippen molar-refractivity contribution >= 4 is 22.6 Å². The summed E-state index contributed by atoms with van der Waals surface area (Å²) in [4.78, 5) is 0. The molecule has 1 heterocycles. The lowest BCUT2D eigenvalue weighted by Crippen LogP contribution is -2.30. The van der Waals surface area contributed by atoms with Crippen LogP contribution in [0.3, 0.4) is 0 Å². The predicted octanol–water partition coefficient (Wildman–Crippen LogP) is 2.95. The summed E-state index contributed by atoms with van der Waals surface area (Å²) in [5.41, 5.74) is -0.0168. The Labute approximate surface area is 73.3 Å². The molecule has 1 aliphatic rings. The highest BCUT2D eigenvalue weighted by molar-refractivity contribution is 14.1. The molecule has 0 radical (unpaired) electrons. The molecule has 1 aliphatic heterocycles. The summed E-state index contributed by atoms with van der Waals surface area (Å²) in [7, 11) is 0. The van der Waals surface area contributed by atoms with E-state index in [9.17, 15) is 0 Å². The first-order valence-corrected chi connectivity index (χ1v) is 4.06. The molecule has 10 heavy (non-hydrogen) atoms. The van der Waals surface area contributed by atoms with Gasteiger partial charge in [-0.2, -0.15) is 0 Å². The molecule has 0 saturated heterocycles. The molecule has 0 N–H and O–H groups in total. The first kappa shape index (κ1) is 8.03. The van der Waals surface area contributed by atoms with E-state index in [0.717, 1.165) is 0 Å². The lowest BCUT2D eigenvalue weighted by molar-refractivity contribution is 0.312. The fourth-order valence-corrected chi connectivity index (χ4v) is 0.672. The molecule has 5 heteroatoms. The summed E-state index contributed by atoms with van der Waals surface area (Å²) in [6.07, 6.45) is 0. The topological polar surface area (TPSA) is 49.4 Å². The Kier molecular flexibility index (Phi) is 1.78. The van der Waals surface area contributed by atoms with Crippen LogP contribution in [-0.2, 0) is 0 Å². The van der Waals surface area contributed by atoms with Crippen LogP contribution in [0.15, 0.2) is 20.7 Å². The molecule has 0 aliphatic carbocycles. The average molecular weight is 252 g/mol. The molecule has 0 spiro atoms. The zero-order chi connectivity index (χ0) is 7.83.